The van der Waals surface area contributed by atoms with Gasteiger partial charge in [-0.15, -0.1) is 0 Å². The summed E-state index contributed by atoms with van der Waals surface area (Å²) in [6.07, 6.45) is 1.18. The average Bonchev–Trinajstić information content (AvgIpc) is 1.98. The van der Waals surface area contributed by atoms with E-state index in [9.17, 15) is 0 Å². The number of rotatable bonds is 5. The molecule has 0 saturated heterocycles. The maximum atomic E-state index is 5.76. The molecule has 2 nitrogen and oxygen atoms in total. The summed E-state index contributed by atoms with van der Waals surface area (Å²) < 4.78 is 11.5. The van der Waals surface area contributed by atoms with Gasteiger partial charge in [0.2, 0.25) is 0 Å². The van der Waals surface area contributed by atoms with Crippen LogP contribution in [0.4, 0.5) is 0 Å². The fourth-order valence-corrected chi connectivity index (χ4v) is 1.08. The van der Waals surface area contributed by atoms with E-state index < -0.39 is 0 Å². The van der Waals surface area contributed by atoms with Gasteiger partial charge in [-0.25, -0.2) is 0 Å². The molecule has 0 N–H and O–H groups in total. The molecule has 0 aromatic carbocycles. The first kappa shape index (κ1) is 13.9. The van der Waals surface area contributed by atoms with E-state index >= 15 is 0 Å². The van der Waals surface area contributed by atoms with Crippen molar-refractivity contribution >= 4 is 0 Å². The highest BCUT2D eigenvalue weighted by atomic mass is 16.6. The van der Waals surface area contributed by atoms with E-state index in [2.05, 4.69) is 48.5 Å². The van der Waals surface area contributed by atoms with E-state index in [-0.39, 0.29) is 17.3 Å². The Morgan fingerprint density at radius 3 is 1.93 bits per heavy atom. The highest BCUT2D eigenvalue weighted by Crippen LogP contribution is 2.16. The second kappa shape index (κ2) is 5.13. The summed E-state index contributed by atoms with van der Waals surface area (Å²) >= 11 is 0. The van der Waals surface area contributed by atoms with Gasteiger partial charge >= 0.3 is 0 Å². The molecule has 0 heterocycles. The van der Waals surface area contributed by atoms with Crippen molar-refractivity contribution in [3.8, 4) is 0 Å². The highest BCUT2D eigenvalue weighted by molar-refractivity contribution is 4.68. The fourth-order valence-electron chi connectivity index (χ4n) is 1.08. The predicted molar refractivity (Wildman–Crippen MR) is 60.6 cm³/mol. The Balaban J connectivity index is 3.80. The smallest absolute Gasteiger partial charge is 0.0787 e. The average molecular weight is 202 g/mol. The predicted octanol–water partition coefficient (Wildman–Crippen LogP) is 3.40. The minimum atomic E-state index is -0.0842. The van der Waals surface area contributed by atoms with Crippen molar-refractivity contribution in [1.82, 2.24) is 0 Å². The lowest BCUT2D eigenvalue weighted by atomic mass is 10.1. The summed E-state index contributed by atoms with van der Waals surface area (Å²) in [5.74, 6) is 0. The van der Waals surface area contributed by atoms with Crippen molar-refractivity contribution in [3.63, 3.8) is 0 Å². The summed E-state index contributed by atoms with van der Waals surface area (Å²) in [4.78, 5) is 0. The van der Waals surface area contributed by atoms with Crippen molar-refractivity contribution in [2.45, 2.75) is 72.2 Å². The van der Waals surface area contributed by atoms with Crippen LogP contribution in [0.15, 0.2) is 0 Å². The molecule has 0 bridgehead atoms. The molecule has 0 aliphatic carbocycles. The molecule has 0 aromatic heterocycles. The topological polar surface area (TPSA) is 18.5 Å². The quantitative estimate of drug-likeness (QED) is 0.680. The maximum Gasteiger partial charge on any atom is 0.0787 e. The zero-order chi connectivity index (χ0) is 11.4. The molecular weight excluding hydrogens is 176 g/mol. The third-order valence-electron chi connectivity index (χ3n) is 2.11. The number of hydrogen-bond donors (Lipinski definition) is 0. The van der Waals surface area contributed by atoms with E-state index in [1.54, 1.807) is 0 Å². The van der Waals surface area contributed by atoms with Gasteiger partial charge in [-0.3, -0.25) is 0 Å². The monoisotopic (exact) mass is 202 g/mol. The lowest BCUT2D eigenvalue weighted by molar-refractivity contribution is -0.117. The van der Waals surface area contributed by atoms with Crippen LogP contribution >= 0.6 is 0 Å². The molecule has 14 heavy (non-hydrogen) atoms. The molecule has 2 heteroatoms. The summed E-state index contributed by atoms with van der Waals surface area (Å²) in [6, 6.07) is 0. The van der Waals surface area contributed by atoms with Gasteiger partial charge in [0.05, 0.1) is 23.9 Å². The van der Waals surface area contributed by atoms with E-state index in [1.165, 1.54) is 0 Å². The Kier molecular flexibility index (Phi) is 5.10. The Hall–Kier alpha value is -0.0800. The van der Waals surface area contributed by atoms with Crippen LogP contribution in [0, 0.1) is 0 Å². The molecule has 0 saturated carbocycles. The second-order valence-electron chi connectivity index (χ2n) is 5.47. The molecular formula is C12H26O2. The van der Waals surface area contributed by atoms with Gasteiger partial charge in [0.15, 0.2) is 0 Å². The lowest BCUT2D eigenvalue weighted by Gasteiger charge is -2.29. The van der Waals surface area contributed by atoms with Crippen molar-refractivity contribution < 1.29 is 9.47 Å². The summed E-state index contributed by atoms with van der Waals surface area (Å²) in [5.41, 5.74) is -0.116. The molecule has 0 aliphatic rings. The zero-order valence-corrected chi connectivity index (χ0v) is 10.8. The molecule has 1 unspecified atom stereocenters. The van der Waals surface area contributed by atoms with Crippen LogP contribution in [-0.4, -0.2) is 23.9 Å². The van der Waals surface area contributed by atoms with Gasteiger partial charge < -0.3 is 9.47 Å². The molecule has 86 valence electrons. The summed E-state index contributed by atoms with van der Waals surface area (Å²) in [5, 5.41) is 0. The number of ether oxygens (including phenoxy) is 2. The van der Waals surface area contributed by atoms with Gasteiger partial charge in [-0.05, 0) is 48.0 Å². The molecule has 0 aromatic rings. The van der Waals surface area contributed by atoms with Gasteiger partial charge in [-0.1, -0.05) is 6.92 Å². The fraction of sp³-hybridized carbons (Fsp3) is 1.00. The van der Waals surface area contributed by atoms with E-state index in [4.69, 9.17) is 9.47 Å². The maximum absolute atomic E-state index is 5.76. The number of hydrogen-bond acceptors (Lipinski definition) is 2. The molecule has 0 spiro atoms. The Bertz CT molecular complexity index is 156. The standard InChI is InChI=1S/C12H26O2/c1-8-12(6,7)13-9-10(2)14-11(3,4)5/h10H,8-9H2,1-7H3. The van der Waals surface area contributed by atoms with Crippen molar-refractivity contribution in [2.75, 3.05) is 6.61 Å². The molecule has 0 amide bonds. The van der Waals surface area contributed by atoms with E-state index in [0.29, 0.717) is 6.61 Å². The lowest BCUT2D eigenvalue weighted by Crippen LogP contribution is -2.33. The van der Waals surface area contributed by atoms with Crippen LogP contribution in [0.3, 0.4) is 0 Å². The van der Waals surface area contributed by atoms with Crippen LogP contribution < -0.4 is 0 Å². The van der Waals surface area contributed by atoms with Crippen LogP contribution in [0.5, 0.6) is 0 Å². The molecule has 0 fully saturated rings. The SMILES string of the molecule is CCC(C)(C)OCC(C)OC(C)(C)C. The van der Waals surface area contributed by atoms with Gasteiger partial charge in [0.1, 0.15) is 0 Å². The Labute approximate surface area is 89.0 Å². The van der Waals surface area contributed by atoms with Crippen molar-refractivity contribution in [1.29, 1.82) is 0 Å². The van der Waals surface area contributed by atoms with Crippen molar-refractivity contribution in [3.05, 3.63) is 0 Å². The van der Waals surface area contributed by atoms with Gasteiger partial charge in [0, 0.05) is 0 Å². The summed E-state index contributed by atoms with van der Waals surface area (Å²) in [6.45, 7) is 15.3. The van der Waals surface area contributed by atoms with Gasteiger partial charge in [0.25, 0.3) is 0 Å². The van der Waals surface area contributed by atoms with E-state index in [0.717, 1.165) is 6.42 Å². The third-order valence-corrected chi connectivity index (χ3v) is 2.11. The van der Waals surface area contributed by atoms with Crippen molar-refractivity contribution in [2.24, 2.45) is 0 Å². The Morgan fingerprint density at radius 1 is 1.07 bits per heavy atom. The zero-order valence-electron chi connectivity index (χ0n) is 10.8. The van der Waals surface area contributed by atoms with Crippen LogP contribution in [0.25, 0.3) is 0 Å². The molecule has 0 rings (SSSR count). The minimum Gasteiger partial charge on any atom is -0.373 e. The highest BCUT2D eigenvalue weighted by Gasteiger charge is 2.20. The van der Waals surface area contributed by atoms with E-state index in [1.807, 2.05) is 0 Å². The largest absolute Gasteiger partial charge is 0.373 e. The molecule has 0 aliphatic heterocycles. The Morgan fingerprint density at radius 2 is 1.57 bits per heavy atom. The second-order valence-corrected chi connectivity index (χ2v) is 5.47. The molecule has 1 atom stereocenters. The van der Waals surface area contributed by atoms with Gasteiger partial charge in [-0.2, -0.15) is 0 Å². The van der Waals surface area contributed by atoms with Crippen LogP contribution in [0.2, 0.25) is 0 Å². The minimum absolute atomic E-state index is 0.0322. The van der Waals surface area contributed by atoms with Crippen LogP contribution in [0.1, 0.15) is 54.9 Å². The van der Waals surface area contributed by atoms with Crippen LogP contribution in [-0.2, 0) is 9.47 Å². The first-order valence-electron chi connectivity index (χ1n) is 5.48. The first-order valence-corrected chi connectivity index (χ1v) is 5.48. The molecule has 0 radical (unpaired) electrons. The normalized spacial score (nSPS) is 15.6. The first-order chi connectivity index (χ1) is 6.16. The third kappa shape index (κ3) is 7.34. The summed E-state index contributed by atoms with van der Waals surface area (Å²) in [7, 11) is 0.